The van der Waals surface area contributed by atoms with Crippen LogP contribution in [-0.4, -0.2) is 60.3 Å². The standard InChI is InChI=1S/C18H26N2O5S/c1-13(2)20(12-17(21)22)18(23)15-4-6-16(7-5-15)26(24,25)19-10-8-14(3)9-11-19/h4-7,13-14H,8-12H2,1-3H3,(H,21,22). The minimum atomic E-state index is -3.57. The van der Waals surface area contributed by atoms with Crippen LogP contribution in [0.15, 0.2) is 29.2 Å². The highest BCUT2D eigenvalue weighted by atomic mass is 32.2. The highest BCUT2D eigenvalue weighted by molar-refractivity contribution is 7.89. The summed E-state index contributed by atoms with van der Waals surface area (Å²) in [6.45, 7) is 6.19. The Hall–Kier alpha value is -1.93. The van der Waals surface area contributed by atoms with Crippen LogP contribution in [0.2, 0.25) is 0 Å². The maximum absolute atomic E-state index is 12.7. The van der Waals surface area contributed by atoms with Crippen LogP contribution in [0, 0.1) is 5.92 Å². The minimum absolute atomic E-state index is 0.151. The highest BCUT2D eigenvalue weighted by Gasteiger charge is 2.28. The molecule has 7 nitrogen and oxygen atoms in total. The molecule has 1 heterocycles. The molecule has 8 heteroatoms. The molecule has 0 spiro atoms. The van der Waals surface area contributed by atoms with Crippen molar-refractivity contribution in [2.45, 2.75) is 44.6 Å². The average Bonchev–Trinajstić information content (AvgIpc) is 2.59. The van der Waals surface area contributed by atoms with Gasteiger partial charge in [-0.1, -0.05) is 6.92 Å². The summed E-state index contributed by atoms with van der Waals surface area (Å²) in [6, 6.07) is 5.44. The van der Waals surface area contributed by atoms with Gasteiger partial charge in [-0.15, -0.1) is 0 Å². The smallest absolute Gasteiger partial charge is 0.323 e. The summed E-state index contributed by atoms with van der Waals surface area (Å²) in [6.07, 6.45) is 1.68. The van der Waals surface area contributed by atoms with Crippen molar-refractivity contribution in [1.82, 2.24) is 9.21 Å². The number of amides is 1. The molecule has 0 aliphatic carbocycles. The number of benzene rings is 1. The van der Waals surface area contributed by atoms with Crippen molar-refractivity contribution in [2.75, 3.05) is 19.6 Å². The number of piperidine rings is 1. The molecule has 2 rings (SSSR count). The van der Waals surface area contributed by atoms with Gasteiger partial charge in [0.25, 0.3) is 5.91 Å². The molecule has 1 saturated heterocycles. The van der Waals surface area contributed by atoms with E-state index in [1.54, 1.807) is 13.8 Å². The van der Waals surface area contributed by atoms with E-state index in [9.17, 15) is 18.0 Å². The number of sulfonamides is 1. The van der Waals surface area contributed by atoms with Crippen molar-refractivity contribution >= 4 is 21.9 Å². The first-order valence-corrected chi connectivity index (χ1v) is 10.2. The van der Waals surface area contributed by atoms with E-state index in [0.717, 1.165) is 12.8 Å². The van der Waals surface area contributed by atoms with Gasteiger partial charge in [-0.2, -0.15) is 4.31 Å². The van der Waals surface area contributed by atoms with Crippen LogP contribution in [0.4, 0.5) is 0 Å². The Bertz CT molecular complexity index is 750. The molecule has 1 amide bonds. The summed E-state index contributed by atoms with van der Waals surface area (Å²) in [5, 5.41) is 8.96. The summed E-state index contributed by atoms with van der Waals surface area (Å²) in [5.41, 5.74) is 0.270. The molecule has 26 heavy (non-hydrogen) atoms. The predicted octanol–water partition coefficient (Wildman–Crippen LogP) is 2.04. The molecule has 1 aliphatic heterocycles. The summed E-state index contributed by atoms with van der Waals surface area (Å²) < 4.78 is 26.9. The molecule has 0 atom stereocenters. The number of carboxylic acid groups (broad SMARTS) is 1. The lowest BCUT2D eigenvalue weighted by atomic mass is 10.0. The number of nitrogens with zero attached hydrogens (tertiary/aromatic N) is 2. The van der Waals surface area contributed by atoms with Crippen molar-refractivity contribution in [3.05, 3.63) is 29.8 Å². The quantitative estimate of drug-likeness (QED) is 0.812. The van der Waals surface area contributed by atoms with Gasteiger partial charge in [0.1, 0.15) is 6.54 Å². The highest BCUT2D eigenvalue weighted by Crippen LogP contribution is 2.24. The summed E-state index contributed by atoms with van der Waals surface area (Å²) in [5.74, 6) is -0.999. The maximum atomic E-state index is 12.7. The Morgan fingerprint density at radius 3 is 2.19 bits per heavy atom. The number of carbonyl (C=O) groups is 2. The fraction of sp³-hybridized carbons (Fsp3) is 0.556. The van der Waals surface area contributed by atoms with Gasteiger partial charge >= 0.3 is 5.97 Å². The van der Waals surface area contributed by atoms with Crippen LogP contribution >= 0.6 is 0 Å². The fourth-order valence-electron chi connectivity index (χ4n) is 2.94. The summed E-state index contributed by atoms with van der Waals surface area (Å²) in [7, 11) is -3.57. The van der Waals surface area contributed by atoms with Crippen LogP contribution in [-0.2, 0) is 14.8 Å². The zero-order chi connectivity index (χ0) is 19.5. The molecule has 144 valence electrons. The molecule has 1 aliphatic rings. The van der Waals surface area contributed by atoms with E-state index in [0.29, 0.717) is 19.0 Å². The van der Waals surface area contributed by atoms with E-state index in [1.807, 2.05) is 0 Å². The first kappa shape index (κ1) is 20.4. The van der Waals surface area contributed by atoms with Crippen molar-refractivity contribution in [3.63, 3.8) is 0 Å². The van der Waals surface area contributed by atoms with Gasteiger partial charge < -0.3 is 10.0 Å². The third-order valence-corrected chi connectivity index (χ3v) is 6.58. The van der Waals surface area contributed by atoms with Crippen LogP contribution < -0.4 is 0 Å². The SMILES string of the molecule is CC1CCN(S(=O)(=O)c2ccc(C(=O)N(CC(=O)O)C(C)C)cc2)CC1. The summed E-state index contributed by atoms with van der Waals surface area (Å²) >= 11 is 0. The molecule has 0 aromatic heterocycles. The lowest BCUT2D eigenvalue weighted by Crippen LogP contribution is -2.40. The van der Waals surface area contributed by atoms with Crippen LogP contribution in [0.1, 0.15) is 44.0 Å². The Labute approximate surface area is 154 Å². The molecule has 1 fully saturated rings. The second-order valence-electron chi connectivity index (χ2n) is 7.03. The molecular weight excluding hydrogens is 356 g/mol. The van der Waals surface area contributed by atoms with Gasteiger partial charge in [-0.05, 0) is 56.9 Å². The van der Waals surface area contributed by atoms with Crippen molar-refractivity contribution in [3.8, 4) is 0 Å². The zero-order valence-corrected chi connectivity index (χ0v) is 16.2. The number of aliphatic carboxylic acids is 1. The maximum Gasteiger partial charge on any atom is 0.323 e. The number of hydrogen-bond acceptors (Lipinski definition) is 4. The van der Waals surface area contributed by atoms with Crippen molar-refractivity contribution < 1.29 is 23.1 Å². The number of hydrogen-bond donors (Lipinski definition) is 1. The first-order chi connectivity index (χ1) is 12.1. The third-order valence-electron chi connectivity index (χ3n) is 4.67. The third kappa shape index (κ3) is 4.62. The molecule has 0 bridgehead atoms. The van der Waals surface area contributed by atoms with Crippen LogP contribution in [0.3, 0.4) is 0 Å². The van der Waals surface area contributed by atoms with E-state index in [4.69, 9.17) is 5.11 Å². The topological polar surface area (TPSA) is 95.0 Å². The predicted molar refractivity (Wildman–Crippen MR) is 97.4 cm³/mol. The van der Waals surface area contributed by atoms with E-state index >= 15 is 0 Å². The molecule has 0 unspecified atom stereocenters. The van der Waals surface area contributed by atoms with E-state index in [2.05, 4.69) is 6.92 Å². The first-order valence-electron chi connectivity index (χ1n) is 8.76. The second-order valence-corrected chi connectivity index (χ2v) is 8.97. The molecular formula is C18H26N2O5S. The van der Waals surface area contributed by atoms with Gasteiger partial charge in [0.15, 0.2) is 0 Å². The monoisotopic (exact) mass is 382 g/mol. The fourth-order valence-corrected chi connectivity index (χ4v) is 4.41. The van der Waals surface area contributed by atoms with Crippen LogP contribution in [0.5, 0.6) is 0 Å². The Morgan fingerprint density at radius 2 is 1.73 bits per heavy atom. The normalized spacial score (nSPS) is 16.6. The van der Waals surface area contributed by atoms with Crippen molar-refractivity contribution in [2.24, 2.45) is 5.92 Å². The Balaban J connectivity index is 2.19. The van der Waals surface area contributed by atoms with Crippen molar-refractivity contribution in [1.29, 1.82) is 0 Å². The van der Waals surface area contributed by atoms with E-state index in [1.165, 1.54) is 33.5 Å². The molecule has 0 saturated carbocycles. The Morgan fingerprint density at radius 1 is 1.19 bits per heavy atom. The zero-order valence-electron chi connectivity index (χ0n) is 15.4. The number of rotatable bonds is 6. The Kier molecular flexibility index (Phi) is 6.41. The molecule has 1 aromatic carbocycles. The summed E-state index contributed by atoms with van der Waals surface area (Å²) in [4.78, 5) is 24.9. The van der Waals surface area contributed by atoms with Gasteiger partial charge in [0, 0.05) is 24.7 Å². The molecule has 1 aromatic rings. The van der Waals surface area contributed by atoms with Gasteiger partial charge in [-0.25, -0.2) is 8.42 Å². The number of carbonyl (C=O) groups excluding carboxylic acids is 1. The minimum Gasteiger partial charge on any atom is -0.480 e. The lowest BCUT2D eigenvalue weighted by molar-refractivity contribution is -0.138. The lowest BCUT2D eigenvalue weighted by Gasteiger charge is -2.29. The van der Waals surface area contributed by atoms with Crippen LogP contribution in [0.25, 0.3) is 0 Å². The van der Waals surface area contributed by atoms with E-state index < -0.39 is 28.4 Å². The number of carboxylic acids is 1. The molecule has 0 radical (unpaired) electrons. The second kappa shape index (κ2) is 8.18. The van der Waals surface area contributed by atoms with Gasteiger partial charge in [0.2, 0.25) is 10.0 Å². The molecule has 1 N–H and O–H groups in total. The largest absolute Gasteiger partial charge is 0.480 e. The van der Waals surface area contributed by atoms with Gasteiger partial charge in [-0.3, -0.25) is 9.59 Å². The average molecular weight is 382 g/mol. The van der Waals surface area contributed by atoms with E-state index in [-0.39, 0.29) is 16.5 Å². The van der Waals surface area contributed by atoms with Gasteiger partial charge in [0.05, 0.1) is 4.90 Å².